The highest BCUT2D eigenvalue weighted by atomic mass is 19.4. The van der Waals surface area contributed by atoms with Crippen LogP contribution < -0.4 is 10.6 Å². The number of carboxylic acids is 2. The van der Waals surface area contributed by atoms with Crippen molar-refractivity contribution in [3.05, 3.63) is 22.9 Å². The zero-order valence-electron chi connectivity index (χ0n) is 22.9. The van der Waals surface area contributed by atoms with Crippen LogP contribution in [0.2, 0.25) is 0 Å². The van der Waals surface area contributed by atoms with Crippen LogP contribution in [0, 0.1) is 5.92 Å². The van der Waals surface area contributed by atoms with Gasteiger partial charge in [-0.2, -0.15) is 26.3 Å². The topological polar surface area (TPSA) is 141 Å². The number of nitrogens with zero attached hydrogens (tertiary/aromatic N) is 2. The van der Waals surface area contributed by atoms with E-state index in [0.29, 0.717) is 17.3 Å². The van der Waals surface area contributed by atoms with Gasteiger partial charge in [0.2, 0.25) is 0 Å². The molecule has 0 saturated carbocycles. The van der Waals surface area contributed by atoms with E-state index in [1.165, 1.54) is 5.56 Å². The van der Waals surface area contributed by atoms with Crippen LogP contribution in [0.3, 0.4) is 0 Å². The Balaban J connectivity index is 0.000000894. The van der Waals surface area contributed by atoms with Crippen LogP contribution in [-0.2, 0) is 27.2 Å². The van der Waals surface area contributed by atoms with E-state index in [1.807, 2.05) is 19.9 Å². The molecular formula is C24H36F6N4O6. The van der Waals surface area contributed by atoms with Gasteiger partial charge in [-0.3, -0.25) is 4.79 Å². The molecule has 0 spiro atoms. The number of rotatable bonds is 8. The van der Waals surface area contributed by atoms with E-state index in [1.54, 1.807) is 7.11 Å². The maximum atomic E-state index is 12.7. The molecule has 0 atom stereocenters. The summed E-state index contributed by atoms with van der Waals surface area (Å²) in [6.45, 7) is 12.7. The molecular weight excluding hydrogens is 554 g/mol. The number of methoxy groups -OCH3 is 1. The van der Waals surface area contributed by atoms with Crippen LogP contribution in [0.1, 0.15) is 49.3 Å². The number of carbonyl (C=O) groups excluding carboxylic acids is 1. The third-order valence-electron chi connectivity index (χ3n) is 4.99. The summed E-state index contributed by atoms with van der Waals surface area (Å²) in [5, 5.41) is 20.6. The molecule has 0 bridgehead atoms. The van der Waals surface area contributed by atoms with Gasteiger partial charge < -0.3 is 30.5 Å². The monoisotopic (exact) mass is 590 g/mol. The molecule has 0 aromatic carbocycles. The molecule has 1 amide bonds. The Morgan fingerprint density at radius 1 is 1.00 bits per heavy atom. The Hall–Kier alpha value is -3.14. The third kappa shape index (κ3) is 14.9. The van der Waals surface area contributed by atoms with Gasteiger partial charge in [-0.15, -0.1) is 0 Å². The lowest BCUT2D eigenvalue weighted by Crippen LogP contribution is -2.31. The Kier molecular flexibility index (Phi) is 15.5. The highest BCUT2D eigenvalue weighted by Crippen LogP contribution is 2.22. The van der Waals surface area contributed by atoms with Gasteiger partial charge in [-0.1, -0.05) is 13.8 Å². The van der Waals surface area contributed by atoms with Crippen LogP contribution in [0.4, 0.5) is 32.2 Å². The van der Waals surface area contributed by atoms with E-state index in [9.17, 15) is 31.1 Å². The molecule has 2 heterocycles. The average molecular weight is 591 g/mol. The van der Waals surface area contributed by atoms with E-state index in [0.717, 1.165) is 51.3 Å². The van der Waals surface area contributed by atoms with Gasteiger partial charge in [-0.05, 0) is 37.8 Å². The number of hydrogen-bond donors (Lipinski definition) is 4. The molecule has 0 saturated heterocycles. The van der Waals surface area contributed by atoms with Crippen molar-refractivity contribution >= 4 is 23.7 Å². The van der Waals surface area contributed by atoms with Crippen LogP contribution >= 0.6 is 0 Å². The van der Waals surface area contributed by atoms with Gasteiger partial charge in [0.1, 0.15) is 5.82 Å². The molecule has 2 rings (SSSR count). The van der Waals surface area contributed by atoms with E-state index >= 15 is 0 Å². The number of nitrogens with one attached hydrogen (secondary N) is 2. The number of carbonyl (C=O) groups is 3. The number of halogens is 6. The fourth-order valence-corrected chi connectivity index (χ4v) is 3.07. The number of hydrogen-bond acceptors (Lipinski definition) is 7. The molecule has 1 aliphatic rings. The zero-order chi connectivity index (χ0) is 31.3. The molecule has 0 radical (unpaired) electrons. The number of pyridine rings is 1. The lowest BCUT2D eigenvalue weighted by molar-refractivity contribution is -0.193. The summed E-state index contributed by atoms with van der Waals surface area (Å²) in [5.41, 5.74) is 2.95. The molecule has 16 heteroatoms. The lowest BCUT2D eigenvalue weighted by atomic mass is 10.0. The number of alkyl halides is 6. The van der Waals surface area contributed by atoms with E-state index in [-0.39, 0.29) is 11.9 Å². The molecule has 0 aliphatic carbocycles. The summed E-state index contributed by atoms with van der Waals surface area (Å²) < 4.78 is 68.7. The molecule has 0 unspecified atom stereocenters. The highest BCUT2D eigenvalue weighted by Gasteiger charge is 2.38. The minimum atomic E-state index is -5.08. The van der Waals surface area contributed by atoms with Crippen molar-refractivity contribution in [3.63, 3.8) is 0 Å². The smallest absolute Gasteiger partial charge is 0.475 e. The molecule has 4 N–H and O–H groups in total. The van der Waals surface area contributed by atoms with Gasteiger partial charge in [0.15, 0.2) is 0 Å². The van der Waals surface area contributed by atoms with Crippen molar-refractivity contribution in [2.24, 2.45) is 5.92 Å². The predicted octanol–water partition coefficient (Wildman–Crippen LogP) is 3.60. The molecule has 1 aliphatic heterocycles. The van der Waals surface area contributed by atoms with Crippen molar-refractivity contribution in [3.8, 4) is 0 Å². The molecule has 1 aromatic heterocycles. The number of fused-ring (bicyclic) bond motifs is 1. The predicted molar refractivity (Wildman–Crippen MR) is 133 cm³/mol. The van der Waals surface area contributed by atoms with Crippen molar-refractivity contribution in [1.29, 1.82) is 0 Å². The van der Waals surface area contributed by atoms with Crippen LogP contribution in [0.25, 0.3) is 0 Å². The Morgan fingerprint density at radius 3 is 1.93 bits per heavy atom. The number of ether oxygens (including phenoxy) is 1. The van der Waals surface area contributed by atoms with Crippen molar-refractivity contribution in [2.75, 3.05) is 45.2 Å². The zero-order valence-corrected chi connectivity index (χ0v) is 22.9. The normalized spacial score (nSPS) is 13.7. The summed E-state index contributed by atoms with van der Waals surface area (Å²) in [5.74, 6) is -4.37. The van der Waals surface area contributed by atoms with Crippen molar-refractivity contribution < 1.29 is 55.7 Å². The Labute approximate surface area is 228 Å². The molecule has 230 valence electrons. The number of aliphatic carboxylic acids is 2. The van der Waals surface area contributed by atoms with E-state index in [2.05, 4.69) is 29.4 Å². The van der Waals surface area contributed by atoms with Gasteiger partial charge in [0, 0.05) is 51.4 Å². The second-order valence-corrected chi connectivity index (χ2v) is 9.33. The maximum Gasteiger partial charge on any atom is 0.490 e. The fourth-order valence-electron chi connectivity index (χ4n) is 3.07. The first-order valence-corrected chi connectivity index (χ1v) is 12.2. The standard InChI is InChI=1S/C20H34N4O2.2C2HF3O2/c1-14(2)13-21-19-17(20(25)22-15(3)4)12-16-6-8-24(10-11-26-5)9-7-18(16)23-19;2*3-2(4,5)1(6)7/h12,14-15H,6-11,13H2,1-5H3,(H,21,23)(H,22,25);2*(H,6,7). The van der Waals surface area contributed by atoms with Gasteiger partial charge in [-0.25, -0.2) is 14.6 Å². The first kappa shape index (κ1) is 36.9. The number of amides is 1. The maximum absolute atomic E-state index is 12.7. The molecule has 1 aromatic rings. The second-order valence-electron chi connectivity index (χ2n) is 9.33. The third-order valence-corrected chi connectivity index (χ3v) is 4.99. The minimum absolute atomic E-state index is 0.0537. The summed E-state index contributed by atoms with van der Waals surface area (Å²) in [4.78, 5) is 37.7. The average Bonchev–Trinajstić information content (AvgIpc) is 3.01. The molecule has 10 nitrogen and oxygen atoms in total. The minimum Gasteiger partial charge on any atom is -0.475 e. The van der Waals surface area contributed by atoms with Crippen molar-refractivity contribution in [1.82, 2.24) is 15.2 Å². The SMILES string of the molecule is COCCN1CCc2cc(C(=O)NC(C)C)c(NCC(C)C)nc2CC1.O=C(O)C(F)(F)F.O=C(O)C(F)(F)F. The van der Waals surface area contributed by atoms with Gasteiger partial charge >= 0.3 is 24.3 Å². The summed E-state index contributed by atoms with van der Waals surface area (Å²) >= 11 is 0. The van der Waals surface area contributed by atoms with Gasteiger partial charge in [0.05, 0.1) is 12.2 Å². The number of anilines is 1. The number of aromatic nitrogens is 1. The highest BCUT2D eigenvalue weighted by molar-refractivity contribution is 5.99. The number of carboxylic acid groups (broad SMARTS) is 2. The van der Waals surface area contributed by atoms with Crippen LogP contribution in [-0.4, -0.2) is 96.2 Å². The lowest BCUT2D eigenvalue weighted by Gasteiger charge is -2.18. The second kappa shape index (κ2) is 16.8. The van der Waals surface area contributed by atoms with Crippen LogP contribution in [0.15, 0.2) is 6.07 Å². The van der Waals surface area contributed by atoms with Crippen LogP contribution in [0.5, 0.6) is 0 Å². The summed E-state index contributed by atoms with van der Waals surface area (Å²) in [7, 11) is 1.74. The Bertz CT molecular complexity index is 946. The summed E-state index contributed by atoms with van der Waals surface area (Å²) in [6, 6.07) is 2.14. The van der Waals surface area contributed by atoms with E-state index < -0.39 is 24.3 Å². The van der Waals surface area contributed by atoms with Crippen molar-refractivity contribution in [2.45, 2.75) is 58.9 Å². The molecule has 0 fully saturated rings. The first-order valence-electron chi connectivity index (χ1n) is 12.2. The summed E-state index contributed by atoms with van der Waals surface area (Å²) in [6.07, 6.45) is -8.35. The van der Waals surface area contributed by atoms with E-state index in [4.69, 9.17) is 29.5 Å². The largest absolute Gasteiger partial charge is 0.490 e. The Morgan fingerprint density at radius 2 is 1.50 bits per heavy atom. The quantitative estimate of drug-likeness (QED) is 0.334. The van der Waals surface area contributed by atoms with Gasteiger partial charge in [0.25, 0.3) is 5.91 Å². The first-order chi connectivity index (χ1) is 18.3. The molecule has 40 heavy (non-hydrogen) atoms. The fraction of sp³-hybridized carbons (Fsp3) is 0.667.